The number of imide groups is 1. The molecular weight excluding hydrogens is 492 g/mol. The summed E-state index contributed by atoms with van der Waals surface area (Å²) in [6.07, 6.45) is 3.24. The molecule has 8 nitrogen and oxygen atoms in total. The molecule has 2 saturated heterocycles. The number of hydrogen-bond donors (Lipinski definition) is 2. The van der Waals surface area contributed by atoms with Gasteiger partial charge in [0.25, 0.3) is 5.91 Å². The number of hydrogen-bond acceptors (Lipinski definition) is 5. The number of phenols is 1. The standard InChI is InChI=1S/C31H38N4O4/c1-4-39-23-8-9-26-24(18-23)25-19-31(3)29(37)34(15-14-33-12-10-20(2)11-13-33)30(38)35(31)27(28(25)32-26)17-21-6-5-7-22(36)16-21/h5-9,16,18,20,27,32,36H,4,10-15,17,19H2,1-3H3/t27?,31-/m0/s1. The Balaban J connectivity index is 1.38. The lowest BCUT2D eigenvalue weighted by Crippen LogP contribution is -2.53. The highest BCUT2D eigenvalue weighted by atomic mass is 16.5. The monoisotopic (exact) mass is 530 g/mol. The summed E-state index contributed by atoms with van der Waals surface area (Å²) in [6, 6.07) is 12.5. The van der Waals surface area contributed by atoms with Gasteiger partial charge in [0, 0.05) is 36.1 Å². The number of aromatic hydroxyl groups is 1. The molecule has 0 bridgehead atoms. The minimum atomic E-state index is -0.987. The largest absolute Gasteiger partial charge is 0.508 e. The Labute approximate surface area is 229 Å². The number of nitrogens with zero attached hydrogens (tertiary/aromatic N) is 3. The smallest absolute Gasteiger partial charge is 0.328 e. The van der Waals surface area contributed by atoms with Gasteiger partial charge in [0.2, 0.25) is 0 Å². The van der Waals surface area contributed by atoms with E-state index in [1.54, 1.807) is 17.0 Å². The number of phenolic OH excluding ortho intramolecular Hbond substituents is 1. The fourth-order valence-corrected chi connectivity index (χ4v) is 6.74. The summed E-state index contributed by atoms with van der Waals surface area (Å²) in [5.74, 6) is 1.58. The molecule has 4 heterocycles. The molecular formula is C31H38N4O4. The second-order valence-electron chi connectivity index (χ2n) is 11.6. The molecule has 0 aliphatic carbocycles. The van der Waals surface area contributed by atoms with Crippen molar-refractivity contribution in [1.82, 2.24) is 19.7 Å². The van der Waals surface area contributed by atoms with Gasteiger partial charge in [0.1, 0.15) is 17.0 Å². The first-order chi connectivity index (χ1) is 18.8. The third-order valence-corrected chi connectivity index (χ3v) is 8.92. The summed E-state index contributed by atoms with van der Waals surface area (Å²) in [5.41, 5.74) is 2.89. The molecule has 6 rings (SSSR count). The second kappa shape index (κ2) is 9.90. The molecule has 0 saturated carbocycles. The van der Waals surface area contributed by atoms with Crippen molar-refractivity contribution in [3.8, 4) is 11.5 Å². The first-order valence-electron chi connectivity index (χ1n) is 14.2. The Morgan fingerprint density at radius 1 is 1.10 bits per heavy atom. The maximum absolute atomic E-state index is 14.1. The van der Waals surface area contributed by atoms with Crippen LogP contribution >= 0.6 is 0 Å². The van der Waals surface area contributed by atoms with Crippen LogP contribution in [0.15, 0.2) is 42.5 Å². The van der Waals surface area contributed by atoms with E-state index >= 15 is 0 Å². The van der Waals surface area contributed by atoms with E-state index in [9.17, 15) is 14.7 Å². The van der Waals surface area contributed by atoms with Crippen molar-refractivity contribution in [3.63, 3.8) is 0 Å². The van der Waals surface area contributed by atoms with E-state index in [4.69, 9.17) is 4.74 Å². The highest BCUT2D eigenvalue weighted by molar-refractivity contribution is 6.08. The van der Waals surface area contributed by atoms with Crippen molar-refractivity contribution in [2.75, 3.05) is 32.8 Å². The van der Waals surface area contributed by atoms with Gasteiger partial charge >= 0.3 is 6.03 Å². The molecule has 2 aromatic carbocycles. The van der Waals surface area contributed by atoms with E-state index in [0.29, 0.717) is 32.5 Å². The molecule has 1 aromatic heterocycles. The molecule has 0 radical (unpaired) electrons. The zero-order valence-electron chi connectivity index (χ0n) is 23.1. The van der Waals surface area contributed by atoms with Crippen molar-refractivity contribution < 1.29 is 19.4 Å². The summed E-state index contributed by atoms with van der Waals surface area (Å²) < 4.78 is 5.79. The SMILES string of the molecule is CCOc1ccc2[nH]c3c(c2c1)C[C@@]1(C)C(=O)N(CCN2CCC(C)CC2)C(=O)N1C3Cc1cccc(O)c1. The number of carbonyl (C=O) groups is 2. The minimum absolute atomic E-state index is 0.125. The number of H-pyrrole nitrogens is 1. The molecule has 2 N–H and O–H groups in total. The van der Waals surface area contributed by atoms with Crippen LogP contribution in [0.3, 0.4) is 0 Å². The molecule has 2 fully saturated rings. The zero-order valence-corrected chi connectivity index (χ0v) is 23.1. The highest BCUT2D eigenvalue weighted by Crippen LogP contribution is 2.47. The van der Waals surface area contributed by atoms with Crippen LogP contribution in [-0.4, -0.2) is 75.1 Å². The Kier molecular flexibility index (Phi) is 6.53. The summed E-state index contributed by atoms with van der Waals surface area (Å²) in [6.45, 7) is 9.86. The number of benzene rings is 2. The number of carbonyl (C=O) groups excluding carboxylic acids is 2. The first-order valence-corrected chi connectivity index (χ1v) is 14.2. The van der Waals surface area contributed by atoms with Crippen molar-refractivity contribution in [1.29, 1.82) is 0 Å². The van der Waals surface area contributed by atoms with Crippen LogP contribution in [0.2, 0.25) is 0 Å². The summed E-state index contributed by atoms with van der Waals surface area (Å²) in [4.78, 5) is 37.3. The topological polar surface area (TPSA) is 89.1 Å². The van der Waals surface area contributed by atoms with E-state index in [2.05, 4.69) is 16.8 Å². The quantitative estimate of drug-likeness (QED) is 0.426. The molecule has 1 unspecified atom stereocenters. The van der Waals surface area contributed by atoms with Crippen LogP contribution in [0.25, 0.3) is 10.9 Å². The predicted molar refractivity (Wildman–Crippen MR) is 150 cm³/mol. The Morgan fingerprint density at radius 3 is 2.64 bits per heavy atom. The third-order valence-electron chi connectivity index (χ3n) is 8.92. The number of rotatable bonds is 7. The Bertz CT molecular complexity index is 1410. The van der Waals surface area contributed by atoms with Gasteiger partial charge in [-0.2, -0.15) is 0 Å². The lowest BCUT2D eigenvalue weighted by Gasteiger charge is -2.42. The van der Waals surface area contributed by atoms with Gasteiger partial charge < -0.3 is 24.6 Å². The van der Waals surface area contributed by atoms with Crippen LogP contribution in [0.4, 0.5) is 4.79 Å². The van der Waals surface area contributed by atoms with Crippen LogP contribution in [0.5, 0.6) is 11.5 Å². The molecule has 3 aliphatic heterocycles. The van der Waals surface area contributed by atoms with E-state index < -0.39 is 5.54 Å². The molecule has 3 aromatic rings. The number of nitrogens with one attached hydrogen (secondary N) is 1. The Morgan fingerprint density at radius 2 is 1.90 bits per heavy atom. The average molecular weight is 531 g/mol. The number of urea groups is 1. The first kappa shape index (κ1) is 25.7. The van der Waals surface area contributed by atoms with Crippen molar-refractivity contribution >= 4 is 22.8 Å². The molecule has 3 amide bonds. The van der Waals surface area contributed by atoms with Gasteiger partial charge in [0.15, 0.2) is 0 Å². The third kappa shape index (κ3) is 4.44. The highest BCUT2D eigenvalue weighted by Gasteiger charge is 2.59. The molecule has 8 heteroatoms. The fraction of sp³-hybridized carbons (Fsp3) is 0.484. The minimum Gasteiger partial charge on any atom is -0.508 e. The average Bonchev–Trinajstić information content (AvgIpc) is 3.35. The predicted octanol–water partition coefficient (Wildman–Crippen LogP) is 4.87. The van der Waals surface area contributed by atoms with Crippen molar-refractivity contribution in [2.45, 2.75) is 58.0 Å². The van der Waals surface area contributed by atoms with Gasteiger partial charge in [0.05, 0.1) is 12.6 Å². The second-order valence-corrected chi connectivity index (χ2v) is 11.6. The molecule has 3 aliphatic rings. The number of fused-ring (bicyclic) bond motifs is 4. The summed E-state index contributed by atoms with van der Waals surface area (Å²) in [5, 5.41) is 11.2. The lowest BCUT2D eigenvalue weighted by atomic mass is 9.81. The zero-order chi connectivity index (χ0) is 27.3. The van der Waals surface area contributed by atoms with Gasteiger partial charge in [-0.15, -0.1) is 0 Å². The van der Waals surface area contributed by atoms with Crippen LogP contribution in [-0.2, 0) is 17.6 Å². The molecule has 206 valence electrons. The van der Waals surface area contributed by atoms with E-state index in [-0.39, 0.29) is 23.7 Å². The van der Waals surface area contributed by atoms with Gasteiger partial charge in [-0.1, -0.05) is 19.1 Å². The lowest BCUT2D eigenvalue weighted by molar-refractivity contribution is -0.133. The van der Waals surface area contributed by atoms with Crippen molar-refractivity contribution in [3.05, 3.63) is 59.3 Å². The van der Waals surface area contributed by atoms with Crippen LogP contribution in [0.1, 0.15) is 56.5 Å². The Hall–Kier alpha value is -3.52. The van der Waals surface area contributed by atoms with Crippen LogP contribution in [0, 0.1) is 5.92 Å². The summed E-state index contributed by atoms with van der Waals surface area (Å²) in [7, 11) is 0. The van der Waals surface area contributed by atoms with E-state index in [1.165, 1.54) is 4.90 Å². The van der Waals surface area contributed by atoms with Gasteiger partial charge in [-0.25, -0.2) is 4.79 Å². The molecule has 2 atom stereocenters. The molecule has 0 spiro atoms. The maximum atomic E-state index is 14.1. The van der Waals surface area contributed by atoms with E-state index in [0.717, 1.165) is 65.3 Å². The van der Waals surface area contributed by atoms with E-state index in [1.807, 2.05) is 44.2 Å². The van der Waals surface area contributed by atoms with Crippen molar-refractivity contribution in [2.24, 2.45) is 5.92 Å². The molecule has 39 heavy (non-hydrogen) atoms. The number of likely N-dealkylation sites (tertiary alicyclic amines) is 1. The number of amides is 3. The number of ether oxygens (including phenoxy) is 1. The maximum Gasteiger partial charge on any atom is 0.328 e. The fourth-order valence-electron chi connectivity index (χ4n) is 6.74. The van der Waals surface area contributed by atoms with Crippen LogP contribution < -0.4 is 4.74 Å². The van der Waals surface area contributed by atoms with Gasteiger partial charge in [-0.3, -0.25) is 9.69 Å². The normalized spacial score (nSPS) is 23.9. The van der Waals surface area contributed by atoms with Gasteiger partial charge in [-0.05, 0) is 93.6 Å². The number of piperidine rings is 1. The number of aromatic nitrogens is 1. The number of aromatic amines is 1. The summed E-state index contributed by atoms with van der Waals surface area (Å²) >= 11 is 0.